The number of piperidine rings is 4. The predicted octanol–water partition coefficient (Wildman–Crippen LogP) is 5.86. The summed E-state index contributed by atoms with van der Waals surface area (Å²) in [6.07, 6.45) is 18.7. The maximum absolute atomic E-state index is 13.2. The van der Waals surface area contributed by atoms with Gasteiger partial charge in [0.25, 0.3) is 5.69 Å². The number of likely N-dealkylation sites (tertiary alicyclic amines) is 4. The summed E-state index contributed by atoms with van der Waals surface area (Å²) >= 11 is 0. The fraction of sp³-hybridized carbons (Fsp3) is 0.519. The molecule has 0 spiro atoms. The van der Waals surface area contributed by atoms with Crippen molar-refractivity contribution in [3.8, 4) is 0 Å². The number of hydrogen-bond acceptors (Lipinski definition) is 15. The van der Waals surface area contributed by atoms with Gasteiger partial charge in [-0.1, -0.05) is 30.2 Å². The van der Waals surface area contributed by atoms with Crippen LogP contribution in [0.15, 0.2) is 103 Å². The smallest absolute Gasteiger partial charge is 0.282 e. The molecule has 0 atom stereocenters. The highest BCUT2D eigenvalue weighted by Crippen LogP contribution is 2.29. The predicted molar refractivity (Wildman–Crippen MR) is 272 cm³/mol. The molecular formula is C52H76N13O5+. The molecule has 4 aliphatic heterocycles. The topological polar surface area (TPSA) is 218 Å². The number of rotatable bonds is 12. The Balaban J connectivity index is 0.000000239. The molecule has 0 radical (unpaired) electrons. The normalized spacial score (nSPS) is 18.0. The molecule has 0 aromatic carbocycles. The van der Waals surface area contributed by atoms with Gasteiger partial charge >= 0.3 is 0 Å². The molecule has 70 heavy (non-hydrogen) atoms. The quantitative estimate of drug-likeness (QED) is 0.0499. The van der Waals surface area contributed by atoms with E-state index in [2.05, 4.69) is 46.6 Å². The first-order chi connectivity index (χ1) is 34.1. The molecule has 8 heterocycles. The van der Waals surface area contributed by atoms with Crippen LogP contribution in [0.25, 0.3) is 0 Å². The number of pyridine rings is 3. The van der Waals surface area contributed by atoms with E-state index in [1.54, 1.807) is 56.4 Å². The number of hydrogen-bond donors (Lipinski definition) is 3. The summed E-state index contributed by atoms with van der Waals surface area (Å²) in [7, 11) is 3.06. The number of nitrogens with two attached hydrogens (primary N) is 2. The standard InChI is InChI=1S/C24H33N6O3.C23H31N7O2.C3H6.C2H6/c1-33-27-23(21-4-2-3-11-30(21)32)19-8-14-29(15-9-19)24(31)20-6-12-28(13-7-20)17-18-5-10-26-22(25)16-18;1-32-28-22(20-15-25-8-9-26-20)18-5-12-30(13-6-18)23(31)19-3-10-29(11-4-19)16-17-2-7-27-21(24)14-17;1-3-2;1-2/h2-5,10-11,16,19-20,32H,6-9,12-15,17H2,1H3,(H2,25,26);2,7-9,14-15,18-19H,3-6,10-13,16H2,1H3,(H2,24,27);3H,1H2,2H3;1-2H3/q+1;;;/b27-23+;;;. The summed E-state index contributed by atoms with van der Waals surface area (Å²) in [6.45, 7) is 17.5. The van der Waals surface area contributed by atoms with Crippen molar-refractivity contribution in [3.05, 3.63) is 115 Å². The van der Waals surface area contributed by atoms with Gasteiger partial charge in [0.1, 0.15) is 37.3 Å². The highest BCUT2D eigenvalue weighted by atomic mass is 16.6. The lowest BCUT2D eigenvalue weighted by Crippen LogP contribution is -2.47. The number of carbonyl (C=O) groups is 2. The molecular weight excluding hydrogens is 887 g/mol. The van der Waals surface area contributed by atoms with Crippen LogP contribution in [-0.2, 0) is 32.4 Å². The Morgan fingerprint density at radius 3 is 1.54 bits per heavy atom. The number of nitrogens with zero attached hydrogens (tertiary/aromatic N) is 11. The van der Waals surface area contributed by atoms with Crippen molar-refractivity contribution < 1.29 is 29.2 Å². The Morgan fingerprint density at radius 1 is 0.686 bits per heavy atom. The summed E-state index contributed by atoms with van der Waals surface area (Å²) < 4.78 is 1.07. The van der Waals surface area contributed by atoms with Gasteiger partial charge in [0.2, 0.25) is 18.0 Å². The minimum atomic E-state index is 0.0844. The fourth-order valence-corrected chi connectivity index (χ4v) is 9.57. The number of nitrogen functional groups attached to an aromatic ring is 2. The zero-order valence-corrected chi connectivity index (χ0v) is 42.0. The number of oxime groups is 2. The maximum atomic E-state index is 13.2. The monoisotopic (exact) mass is 963 g/mol. The van der Waals surface area contributed by atoms with Gasteiger partial charge in [-0.15, -0.1) is 6.58 Å². The van der Waals surface area contributed by atoms with Crippen molar-refractivity contribution in [3.63, 3.8) is 0 Å². The second kappa shape index (κ2) is 28.8. The average molecular weight is 963 g/mol. The van der Waals surface area contributed by atoms with Crippen molar-refractivity contribution in [2.45, 2.75) is 85.2 Å². The number of anilines is 2. The van der Waals surface area contributed by atoms with Crippen molar-refractivity contribution in [2.75, 3.05) is 78.0 Å². The zero-order valence-electron chi connectivity index (χ0n) is 42.0. The molecule has 4 fully saturated rings. The molecule has 4 aromatic heterocycles. The molecule has 2 amide bonds. The lowest BCUT2D eigenvalue weighted by molar-refractivity contribution is -0.905. The first-order valence-corrected chi connectivity index (χ1v) is 24.8. The number of amides is 2. The largest absolute Gasteiger partial charge is 0.399 e. The summed E-state index contributed by atoms with van der Waals surface area (Å²) in [5, 5.41) is 18.6. The second-order valence-electron chi connectivity index (χ2n) is 17.7. The van der Waals surface area contributed by atoms with E-state index >= 15 is 0 Å². The lowest BCUT2D eigenvalue weighted by Gasteiger charge is -2.37. The number of allylic oxidation sites excluding steroid dienone is 1. The van der Waals surface area contributed by atoms with Gasteiger partial charge in [0.05, 0.1) is 6.20 Å². The maximum Gasteiger partial charge on any atom is 0.282 e. The summed E-state index contributed by atoms with van der Waals surface area (Å²) in [5.41, 5.74) is 16.8. The van der Waals surface area contributed by atoms with Gasteiger partial charge in [0, 0.05) is 105 Å². The van der Waals surface area contributed by atoms with Crippen LogP contribution in [0.4, 0.5) is 11.6 Å². The van der Waals surface area contributed by atoms with E-state index in [1.165, 1.54) is 12.7 Å². The molecule has 18 heteroatoms. The SMILES string of the molecule is C=CC.CC.CO/N=C(/c1cccc[n+]1O)C1CCN(C(=O)C2CCN(Cc3ccnc(N)c3)CC2)CC1.CON=C(c1cnccn1)C1CCN(C(=O)C2CCN(Cc3ccnc(N)c3)CC2)CC1. The Bertz CT molecular complexity index is 2270. The van der Waals surface area contributed by atoms with Gasteiger partial charge in [-0.3, -0.25) is 34.6 Å². The Kier molecular flexibility index (Phi) is 22.4. The number of aromatic nitrogens is 5. The van der Waals surface area contributed by atoms with E-state index in [-0.39, 0.29) is 29.6 Å². The van der Waals surface area contributed by atoms with Crippen LogP contribution >= 0.6 is 0 Å². The van der Waals surface area contributed by atoms with Crippen LogP contribution in [0.3, 0.4) is 0 Å². The Morgan fingerprint density at radius 2 is 1.13 bits per heavy atom. The van der Waals surface area contributed by atoms with E-state index in [9.17, 15) is 14.8 Å². The van der Waals surface area contributed by atoms with Crippen molar-refractivity contribution in [2.24, 2.45) is 34.0 Å². The first kappa shape index (κ1) is 54.4. The molecule has 4 aromatic rings. The molecule has 378 valence electrons. The summed E-state index contributed by atoms with van der Waals surface area (Å²) in [6, 6.07) is 13.3. The van der Waals surface area contributed by atoms with Crippen LogP contribution in [0.1, 0.15) is 94.7 Å². The van der Waals surface area contributed by atoms with Crippen LogP contribution < -0.4 is 16.2 Å². The minimum Gasteiger partial charge on any atom is -0.399 e. The molecule has 8 rings (SSSR count). The second-order valence-corrected chi connectivity index (χ2v) is 17.7. The van der Waals surface area contributed by atoms with E-state index in [4.69, 9.17) is 21.1 Å². The average Bonchev–Trinajstić information content (AvgIpc) is 3.39. The van der Waals surface area contributed by atoms with Gasteiger partial charge in [-0.2, -0.15) is 0 Å². The Hall–Kier alpha value is -6.53. The molecule has 0 aliphatic carbocycles. The summed E-state index contributed by atoms with van der Waals surface area (Å²) in [4.78, 5) is 61.9. The first-order valence-electron chi connectivity index (χ1n) is 24.8. The van der Waals surface area contributed by atoms with Crippen molar-refractivity contribution >= 4 is 34.9 Å². The molecule has 0 bridgehead atoms. The van der Waals surface area contributed by atoms with E-state index < -0.39 is 0 Å². The van der Waals surface area contributed by atoms with E-state index in [0.29, 0.717) is 36.3 Å². The van der Waals surface area contributed by atoms with Gasteiger partial charge < -0.3 is 30.9 Å². The molecule has 4 aliphatic rings. The highest BCUT2D eigenvalue weighted by molar-refractivity contribution is 6.00. The molecule has 18 nitrogen and oxygen atoms in total. The van der Waals surface area contributed by atoms with Gasteiger partial charge in [-0.25, -0.2) is 9.97 Å². The van der Waals surface area contributed by atoms with Crippen LogP contribution in [0, 0.1) is 23.7 Å². The fourth-order valence-electron chi connectivity index (χ4n) is 9.57. The summed E-state index contributed by atoms with van der Waals surface area (Å²) in [5.74, 6) is 2.19. The van der Waals surface area contributed by atoms with Crippen LogP contribution in [0.2, 0.25) is 0 Å². The molecule has 5 N–H and O–H groups in total. The lowest BCUT2D eigenvalue weighted by atomic mass is 9.88. The van der Waals surface area contributed by atoms with E-state index in [0.717, 1.165) is 131 Å². The third-order valence-corrected chi connectivity index (χ3v) is 13.1. The molecule has 4 saturated heterocycles. The minimum absolute atomic E-state index is 0.0844. The van der Waals surface area contributed by atoms with Crippen molar-refractivity contribution in [1.82, 2.24) is 39.5 Å². The van der Waals surface area contributed by atoms with E-state index in [1.807, 2.05) is 67.0 Å². The van der Waals surface area contributed by atoms with Gasteiger partial charge in [0.15, 0.2) is 5.71 Å². The van der Waals surface area contributed by atoms with Crippen LogP contribution in [0.5, 0.6) is 0 Å². The van der Waals surface area contributed by atoms with Gasteiger partial charge in [-0.05, 0) is 126 Å². The molecule has 0 saturated carbocycles. The zero-order chi connectivity index (χ0) is 50.3. The third-order valence-electron chi connectivity index (χ3n) is 13.1. The van der Waals surface area contributed by atoms with Crippen LogP contribution in [-0.4, -0.2) is 135 Å². The third kappa shape index (κ3) is 16.0. The number of carbonyl (C=O) groups excluding carboxylic acids is 2. The van der Waals surface area contributed by atoms with Crippen molar-refractivity contribution in [1.29, 1.82) is 0 Å². The Labute approximate surface area is 414 Å². The highest BCUT2D eigenvalue weighted by Gasteiger charge is 2.36. The molecule has 0 unspecified atom stereocenters.